The van der Waals surface area contributed by atoms with E-state index in [9.17, 15) is 0 Å². The smallest absolute Gasteiger partial charge is 0.104 e. The lowest BCUT2D eigenvalue weighted by atomic mass is 10.3. The van der Waals surface area contributed by atoms with Gasteiger partial charge in [0.1, 0.15) is 6.10 Å². The molecule has 0 saturated heterocycles. The number of halogens is 1. The fraction of sp³-hybridized carbons (Fsp3) is 0.667. The van der Waals surface area contributed by atoms with Crippen LogP contribution in [0.25, 0.3) is 0 Å². The summed E-state index contributed by atoms with van der Waals surface area (Å²) in [5.74, 6) is 0. The predicted octanol–water partition coefficient (Wildman–Crippen LogP) is 3.34. The Morgan fingerprint density at radius 1 is 1.41 bits per heavy atom. The van der Waals surface area contributed by atoms with E-state index in [1.54, 1.807) is 11.3 Å². The van der Waals surface area contributed by atoms with Gasteiger partial charge in [-0.2, -0.15) is 0 Å². The Balaban J connectivity index is 2.19. The van der Waals surface area contributed by atoms with E-state index in [0.29, 0.717) is 19.8 Å². The summed E-state index contributed by atoms with van der Waals surface area (Å²) in [5.41, 5.74) is 5.70. The molecule has 3 nitrogen and oxygen atoms in total. The van der Waals surface area contributed by atoms with Crippen LogP contribution in [0, 0.1) is 0 Å². The number of hydrogen-bond donors (Lipinski definition) is 1. The molecule has 5 heteroatoms. The largest absolute Gasteiger partial charge is 0.379 e. The maximum Gasteiger partial charge on any atom is 0.104 e. The van der Waals surface area contributed by atoms with Crippen molar-refractivity contribution in [3.63, 3.8) is 0 Å². The molecule has 1 aromatic rings. The van der Waals surface area contributed by atoms with Crippen molar-refractivity contribution in [1.82, 2.24) is 0 Å². The van der Waals surface area contributed by atoms with Crippen molar-refractivity contribution < 1.29 is 9.47 Å². The summed E-state index contributed by atoms with van der Waals surface area (Å²) in [5, 5.41) is 2.04. The van der Waals surface area contributed by atoms with Crippen molar-refractivity contribution in [3.05, 3.63) is 20.8 Å². The maximum atomic E-state index is 5.71. The Bertz CT molecular complexity index is 306. The van der Waals surface area contributed by atoms with Crippen LogP contribution in [-0.4, -0.2) is 26.4 Å². The van der Waals surface area contributed by atoms with Crippen molar-refractivity contribution in [2.45, 2.75) is 25.9 Å². The highest BCUT2D eigenvalue weighted by Gasteiger charge is 2.12. The Labute approximate surface area is 115 Å². The molecule has 0 aliphatic carbocycles. The summed E-state index contributed by atoms with van der Waals surface area (Å²) in [6.45, 7) is 4.71. The zero-order chi connectivity index (χ0) is 12.5. The first kappa shape index (κ1) is 15.1. The molecule has 1 unspecified atom stereocenters. The van der Waals surface area contributed by atoms with Gasteiger partial charge in [-0.1, -0.05) is 13.3 Å². The van der Waals surface area contributed by atoms with Crippen molar-refractivity contribution in [3.8, 4) is 0 Å². The second kappa shape index (κ2) is 9.05. The molecule has 1 rings (SSSR count). The first-order valence-corrected chi connectivity index (χ1v) is 7.58. The predicted molar refractivity (Wildman–Crippen MR) is 75.5 cm³/mol. The summed E-state index contributed by atoms with van der Waals surface area (Å²) in [6.07, 6.45) is 2.26. The Kier molecular flexibility index (Phi) is 8.05. The molecular weight excluding hydrogens is 302 g/mol. The van der Waals surface area contributed by atoms with Gasteiger partial charge in [-0.15, -0.1) is 11.3 Å². The van der Waals surface area contributed by atoms with E-state index in [4.69, 9.17) is 15.2 Å². The minimum Gasteiger partial charge on any atom is -0.379 e. The van der Waals surface area contributed by atoms with Crippen LogP contribution in [0.5, 0.6) is 0 Å². The fourth-order valence-corrected chi connectivity index (χ4v) is 2.87. The molecule has 0 spiro atoms. The third kappa shape index (κ3) is 5.97. The van der Waals surface area contributed by atoms with E-state index >= 15 is 0 Å². The second-order valence-corrected chi connectivity index (χ2v) is 5.59. The second-order valence-electron chi connectivity index (χ2n) is 3.73. The zero-order valence-corrected chi connectivity index (χ0v) is 12.6. The Hall–Kier alpha value is 0.0600. The lowest BCUT2D eigenvalue weighted by molar-refractivity contribution is 0.00834. The van der Waals surface area contributed by atoms with Crippen molar-refractivity contribution in [2.75, 3.05) is 26.4 Å². The summed E-state index contributed by atoms with van der Waals surface area (Å²) >= 11 is 5.09. The van der Waals surface area contributed by atoms with Gasteiger partial charge in [-0.25, -0.2) is 0 Å². The van der Waals surface area contributed by atoms with Crippen LogP contribution in [0.3, 0.4) is 0 Å². The number of ether oxygens (including phenoxy) is 2. The topological polar surface area (TPSA) is 44.5 Å². The molecule has 0 aliphatic rings. The van der Waals surface area contributed by atoms with Gasteiger partial charge in [-0.3, -0.25) is 0 Å². The lowest BCUT2D eigenvalue weighted by Gasteiger charge is -2.14. The molecule has 1 atom stereocenters. The third-order valence-corrected chi connectivity index (χ3v) is 4.09. The molecule has 1 aromatic heterocycles. The summed E-state index contributed by atoms with van der Waals surface area (Å²) in [6, 6.07) is 2.06. The Morgan fingerprint density at radius 3 is 2.82 bits per heavy atom. The molecule has 1 heterocycles. The monoisotopic (exact) mass is 321 g/mol. The normalized spacial score (nSPS) is 12.9. The zero-order valence-electron chi connectivity index (χ0n) is 10.2. The van der Waals surface area contributed by atoms with Crippen molar-refractivity contribution in [1.29, 1.82) is 0 Å². The third-order valence-electron chi connectivity index (χ3n) is 2.31. The van der Waals surface area contributed by atoms with E-state index in [-0.39, 0.29) is 6.10 Å². The van der Waals surface area contributed by atoms with Crippen molar-refractivity contribution in [2.24, 2.45) is 5.73 Å². The minimum absolute atomic E-state index is 0.0129. The molecule has 0 radical (unpaired) electrons. The average Bonchev–Trinajstić information content (AvgIpc) is 2.75. The van der Waals surface area contributed by atoms with Gasteiger partial charge in [0, 0.05) is 27.9 Å². The molecule has 0 aliphatic heterocycles. The van der Waals surface area contributed by atoms with Crippen LogP contribution in [0.15, 0.2) is 15.9 Å². The lowest BCUT2D eigenvalue weighted by Crippen LogP contribution is -2.17. The average molecular weight is 322 g/mol. The first-order chi connectivity index (χ1) is 8.27. The van der Waals surface area contributed by atoms with Crippen LogP contribution in [0.2, 0.25) is 0 Å². The number of rotatable bonds is 9. The molecule has 0 bridgehead atoms. The van der Waals surface area contributed by atoms with Crippen LogP contribution in [0.4, 0.5) is 0 Å². The number of unbranched alkanes of at least 4 members (excludes halogenated alkanes) is 1. The highest BCUT2D eigenvalue weighted by Crippen LogP contribution is 2.27. The number of thiophene rings is 1. The van der Waals surface area contributed by atoms with Gasteiger partial charge in [0.25, 0.3) is 0 Å². The fourth-order valence-electron chi connectivity index (χ4n) is 1.36. The molecule has 2 N–H and O–H groups in total. The van der Waals surface area contributed by atoms with Gasteiger partial charge in [-0.05, 0) is 28.4 Å². The van der Waals surface area contributed by atoms with Gasteiger partial charge in [0.05, 0.1) is 13.2 Å². The van der Waals surface area contributed by atoms with Crippen LogP contribution >= 0.6 is 27.3 Å². The molecule has 0 amide bonds. The van der Waals surface area contributed by atoms with Crippen molar-refractivity contribution >= 4 is 27.3 Å². The minimum atomic E-state index is -0.0129. The Morgan fingerprint density at radius 2 is 2.24 bits per heavy atom. The SMILES string of the molecule is CCCCOCCOC(CN)c1cc(Br)cs1. The van der Waals surface area contributed by atoms with E-state index in [0.717, 1.165) is 28.8 Å². The van der Waals surface area contributed by atoms with E-state index in [2.05, 4.69) is 28.9 Å². The highest BCUT2D eigenvalue weighted by atomic mass is 79.9. The molecular formula is C12H20BrNO2S. The number of nitrogens with two attached hydrogens (primary N) is 1. The van der Waals surface area contributed by atoms with Gasteiger partial charge in [0.15, 0.2) is 0 Å². The number of hydrogen-bond acceptors (Lipinski definition) is 4. The standard InChI is InChI=1S/C12H20BrNO2S/c1-2-3-4-15-5-6-16-11(8-14)12-7-10(13)9-17-12/h7,9,11H,2-6,8,14H2,1H3. The van der Waals surface area contributed by atoms with Gasteiger partial charge < -0.3 is 15.2 Å². The van der Waals surface area contributed by atoms with Gasteiger partial charge >= 0.3 is 0 Å². The molecule has 0 saturated carbocycles. The molecule has 0 aromatic carbocycles. The van der Waals surface area contributed by atoms with Crippen LogP contribution < -0.4 is 5.73 Å². The summed E-state index contributed by atoms with van der Waals surface area (Å²) in [4.78, 5) is 1.16. The van der Waals surface area contributed by atoms with Gasteiger partial charge in [0.2, 0.25) is 0 Å². The highest BCUT2D eigenvalue weighted by molar-refractivity contribution is 9.10. The molecule has 17 heavy (non-hydrogen) atoms. The van der Waals surface area contributed by atoms with E-state index < -0.39 is 0 Å². The summed E-state index contributed by atoms with van der Waals surface area (Å²) in [7, 11) is 0. The summed E-state index contributed by atoms with van der Waals surface area (Å²) < 4.78 is 12.2. The molecule has 0 fully saturated rings. The maximum absolute atomic E-state index is 5.71. The van der Waals surface area contributed by atoms with Crippen LogP contribution in [-0.2, 0) is 9.47 Å². The van der Waals surface area contributed by atoms with E-state index in [1.807, 2.05) is 5.38 Å². The van der Waals surface area contributed by atoms with Crippen LogP contribution in [0.1, 0.15) is 30.7 Å². The molecule has 98 valence electrons. The quantitative estimate of drug-likeness (QED) is 0.709. The van der Waals surface area contributed by atoms with E-state index in [1.165, 1.54) is 0 Å². The first-order valence-electron chi connectivity index (χ1n) is 5.91.